The second kappa shape index (κ2) is 7.06. The predicted octanol–water partition coefficient (Wildman–Crippen LogP) is -0.0900. The van der Waals surface area contributed by atoms with Gasteiger partial charge in [-0.25, -0.2) is 0 Å². The lowest BCUT2D eigenvalue weighted by atomic mass is 10.2. The van der Waals surface area contributed by atoms with Gasteiger partial charge in [0.1, 0.15) is 6.04 Å². The lowest BCUT2D eigenvalue weighted by Gasteiger charge is -2.14. The molecule has 0 spiro atoms. The van der Waals surface area contributed by atoms with Gasteiger partial charge in [0.05, 0.1) is 7.11 Å². The maximum atomic E-state index is 11.0. The zero-order valence-corrected chi connectivity index (χ0v) is 7.67. The van der Waals surface area contributed by atoms with Crippen molar-refractivity contribution in [3.8, 4) is 0 Å². The smallest absolute Gasteiger partial charge is 0.322 e. The highest BCUT2D eigenvalue weighted by Gasteiger charge is 2.16. The Morgan fingerprint density at radius 1 is 1.67 bits per heavy atom. The molecule has 4 heteroatoms. The van der Waals surface area contributed by atoms with Gasteiger partial charge in [-0.3, -0.25) is 4.79 Å². The van der Waals surface area contributed by atoms with Crippen LogP contribution in [0, 0.1) is 0 Å². The van der Waals surface area contributed by atoms with Crippen LogP contribution in [0.1, 0.15) is 19.8 Å². The predicted molar refractivity (Wildman–Crippen MR) is 45.8 cm³/mol. The molecule has 4 nitrogen and oxygen atoms in total. The van der Waals surface area contributed by atoms with Crippen LogP contribution in [-0.2, 0) is 9.53 Å². The standard InChI is InChI=1S/C8H17NO3/c1-3-5-9-7(4-6-10)8(11)12-2/h7,9-10H,3-6H2,1-2H3/t7-/m0/s1. The minimum atomic E-state index is -0.361. The molecule has 12 heavy (non-hydrogen) atoms. The summed E-state index contributed by atoms with van der Waals surface area (Å²) in [6.45, 7) is 2.77. The number of rotatable bonds is 6. The molecule has 0 aromatic rings. The third-order valence-corrected chi connectivity index (χ3v) is 1.54. The number of carbonyl (C=O) groups excluding carboxylic acids is 1. The van der Waals surface area contributed by atoms with E-state index in [0.717, 1.165) is 13.0 Å². The van der Waals surface area contributed by atoms with Crippen molar-refractivity contribution in [1.29, 1.82) is 0 Å². The molecule has 0 aromatic carbocycles. The van der Waals surface area contributed by atoms with Gasteiger partial charge < -0.3 is 15.2 Å². The molecule has 0 aliphatic heterocycles. The zero-order chi connectivity index (χ0) is 9.40. The Labute approximate surface area is 72.9 Å². The van der Waals surface area contributed by atoms with Crippen LogP contribution in [0.25, 0.3) is 0 Å². The van der Waals surface area contributed by atoms with E-state index in [0.29, 0.717) is 6.42 Å². The molecule has 0 amide bonds. The number of carbonyl (C=O) groups is 1. The van der Waals surface area contributed by atoms with E-state index >= 15 is 0 Å². The van der Waals surface area contributed by atoms with Crippen LogP contribution in [0.5, 0.6) is 0 Å². The highest BCUT2D eigenvalue weighted by atomic mass is 16.5. The Kier molecular flexibility index (Phi) is 6.70. The molecule has 2 N–H and O–H groups in total. The number of hydrogen-bond donors (Lipinski definition) is 2. The topological polar surface area (TPSA) is 58.6 Å². The average molecular weight is 175 g/mol. The molecule has 0 aliphatic rings. The second-order valence-electron chi connectivity index (χ2n) is 2.54. The highest BCUT2D eigenvalue weighted by molar-refractivity contribution is 5.75. The Hall–Kier alpha value is -0.610. The summed E-state index contributed by atoms with van der Waals surface area (Å²) in [4.78, 5) is 11.0. The van der Waals surface area contributed by atoms with Crippen molar-refractivity contribution in [2.24, 2.45) is 0 Å². The summed E-state index contributed by atoms with van der Waals surface area (Å²) in [6, 6.07) is -0.361. The third-order valence-electron chi connectivity index (χ3n) is 1.54. The molecule has 0 bridgehead atoms. The summed E-state index contributed by atoms with van der Waals surface area (Å²) < 4.78 is 4.55. The van der Waals surface area contributed by atoms with Crippen LogP contribution in [0.4, 0.5) is 0 Å². The van der Waals surface area contributed by atoms with Gasteiger partial charge in [0, 0.05) is 6.61 Å². The van der Waals surface area contributed by atoms with E-state index in [1.54, 1.807) is 0 Å². The van der Waals surface area contributed by atoms with Crippen molar-refractivity contribution in [3.05, 3.63) is 0 Å². The van der Waals surface area contributed by atoms with Gasteiger partial charge in [0.15, 0.2) is 0 Å². The van der Waals surface area contributed by atoms with Crippen molar-refractivity contribution in [1.82, 2.24) is 5.32 Å². The fourth-order valence-electron chi connectivity index (χ4n) is 0.893. The van der Waals surface area contributed by atoms with Crippen LogP contribution in [0.15, 0.2) is 0 Å². The molecular weight excluding hydrogens is 158 g/mol. The molecule has 0 fully saturated rings. The average Bonchev–Trinajstić information content (AvgIpc) is 2.11. The molecule has 1 atom stereocenters. The van der Waals surface area contributed by atoms with Crippen molar-refractivity contribution >= 4 is 5.97 Å². The first-order chi connectivity index (χ1) is 5.76. The van der Waals surface area contributed by atoms with Gasteiger partial charge >= 0.3 is 5.97 Å². The number of esters is 1. The molecule has 0 radical (unpaired) electrons. The van der Waals surface area contributed by atoms with Crippen LogP contribution < -0.4 is 5.32 Å². The van der Waals surface area contributed by atoms with Crippen LogP contribution in [0.3, 0.4) is 0 Å². The largest absolute Gasteiger partial charge is 0.468 e. The van der Waals surface area contributed by atoms with Gasteiger partial charge in [-0.2, -0.15) is 0 Å². The maximum absolute atomic E-state index is 11.0. The first-order valence-corrected chi connectivity index (χ1v) is 4.18. The van der Waals surface area contributed by atoms with Crippen LogP contribution in [-0.4, -0.2) is 37.4 Å². The van der Waals surface area contributed by atoms with Gasteiger partial charge in [0.2, 0.25) is 0 Å². The molecule has 0 aliphatic carbocycles. The molecule has 0 rings (SSSR count). The zero-order valence-electron chi connectivity index (χ0n) is 7.67. The fourth-order valence-corrected chi connectivity index (χ4v) is 0.893. The molecule has 72 valence electrons. The first kappa shape index (κ1) is 11.4. The van der Waals surface area contributed by atoms with E-state index in [-0.39, 0.29) is 18.6 Å². The second-order valence-corrected chi connectivity index (χ2v) is 2.54. The van der Waals surface area contributed by atoms with E-state index in [2.05, 4.69) is 10.1 Å². The minimum Gasteiger partial charge on any atom is -0.468 e. The van der Waals surface area contributed by atoms with E-state index < -0.39 is 0 Å². The summed E-state index contributed by atoms with van der Waals surface area (Å²) in [5, 5.41) is 11.6. The van der Waals surface area contributed by atoms with E-state index in [1.165, 1.54) is 7.11 Å². The van der Waals surface area contributed by atoms with Crippen molar-refractivity contribution in [2.45, 2.75) is 25.8 Å². The summed E-state index contributed by atoms with van der Waals surface area (Å²) >= 11 is 0. The number of ether oxygens (including phenoxy) is 1. The number of aliphatic hydroxyl groups is 1. The highest BCUT2D eigenvalue weighted by Crippen LogP contribution is 1.94. The summed E-state index contributed by atoms with van der Waals surface area (Å²) in [5.74, 6) is -0.308. The molecule has 0 heterocycles. The number of methoxy groups -OCH3 is 1. The third kappa shape index (κ3) is 4.31. The molecule has 0 saturated heterocycles. The Balaban J connectivity index is 3.76. The van der Waals surface area contributed by atoms with Crippen molar-refractivity contribution < 1.29 is 14.6 Å². The van der Waals surface area contributed by atoms with Gasteiger partial charge in [-0.1, -0.05) is 6.92 Å². The molecule has 0 unspecified atom stereocenters. The Morgan fingerprint density at radius 2 is 2.33 bits per heavy atom. The maximum Gasteiger partial charge on any atom is 0.322 e. The Bertz CT molecular complexity index is 127. The number of aliphatic hydroxyl groups excluding tert-OH is 1. The van der Waals surface area contributed by atoms with E-state index in [4.69, 9.17) is 5.11 Å². The Morgan fingerprint density at radius 3 is 2.75 bits per heavy atom. The first-order valence-electron chi connectivity index (χ1n) is 4.18. The van der Waals surface area contributed by atoms with Gasteiger partial charge in [-0.15, -0.1) is 0 Å². The normalized spacial score (nSPS) is 12.6. The van der Waals surface area contributed by atoms with Crippen molar-refractivity contribution in [3.63, 3.8) is 0 Å². The lowest BCUT2D eigenvalue weighted by Crippen LogP contribution is -2.38. The summed E-state index contributed by atoms with van der Waals surface area (Å²) in [6.07, 6.45) is 1.37. The van der Waals surface area contributed by atoms with Gasteiger partial charge in [0.25, 0.3) is 0 Å². The summed E-state index contributed by atoms with van der Waals surface area (Å²) in [5.41, 5.74) is 0. The SMILES string of the molecule is CCCN[C@@H](CCO)C(=O)OC. The molecule has 0 saturated carbocycles. The van der Waals surface area contributed by atoms with Gasteiger partial charge in [-0.05, 0) is 19.4 Å². The van der Waals surface area contributed by atoms with Crippen LogP contribution in [0.2, 0.25) is 0 Å². The van der Waals surface area contributed by atoms with E-state index in [1.807, 2.05) is 6.92 Å². The molecule has 0 aromatic heterocycles. The molecular formula is C8H17NO3. The lowest BCUT2D eigenvalue weighted by molar-refractivity contribution is -0.143. The summed E-state index contributed by atoms with van der Waals surface area (Å²) in [7, 11) is 1.35. The minimum absolute atomic E-state index is 0.00349. The quantitative estimate of drug-likeness (QED) is 0.554. The monoisotopic (exact) mass is 175 g/mol. The number of hydrogen-bond acceptors (Lipinski definition) is 4. The fraction of sp³-hybridized carbons (Fsp3) is 0.875. The van der Waals surface area contributed by atoms with Crippen LogP contribution >= 0.6 is 0 Å². The number of nitrogens with one attached hydrogen (secondary N) is 1. The van der Waals surface area contributed by atoms with Crippen molar-refractivity contribution in [2.75, 3.05) is 20.3 Å². The van der Waals surface area contributed by atoms with E-state index in [9.17, 15) is 4.79 Å².